The summed E-state index contributed by atoms with van der Waals surface area (Å²) in [5, 5.41) is 3.53. The maximum Gasteiger partial charge on any atom is 0.0135 e. The van der Waals surface area contributed by atoms with E-state index in [0.29, 0.717) is 5.41 Å². The van der Waals surface area contributed by atoms with Gasteiger partial charge in [-0.3, -0.25) is 0 Å². The minimum absolute atomic E-state index is 0.640. The van der Waals surface area contributed by atoms with Gasteiger partial charge in [-0.1, -0.05) is 31.9 Å². The Kier molecular flexibility index (Phi) is 4.51. The fraction of sp³-hybridized carbons (Fsp3) is 0.833. The summed E-state index contributed by atoms with van der Waals surface area (Å²) in [6.07, 6.45) is 11.4. The molecule has 1 fully saturated rings. The third kappa shape index (κ3) is 3.15. The summed E-state index contributed by atoms with van der Waals surface area (Å²) >= 11 is 0. The zero-order valence-electron chi connectivity index (χ0n) is 9.10. The van der Waals surface area contributed by atoms with Crippen LogP contribution in [-0.2, 0) is 0 Å². The van der Waals surface area contributed by atoms with E-state index in [9.17, 15) is 0 Å². The molecule has 1 heteroatoms. The van der Waals surface area contributed by atoms with Crippen LogP contribution in [0.1, 0.15) is 46.0 Å². The number of rotatable bonds is 5. The minimum atomic E-state index is 0.640. The van der Waals surface area contributed by atoms with Gasteiger partial charge in [-0.25, -0.2) is 0 Å². The Hall–Kier alpha value is -0.300. The van der Waals surface area contributed by atoms with E-state index >= 15 is 0 Å². The van der Waals surface area contributed by atoms with E-state index in [0.717, 1.165) is 6.54 Å². The normalized spacial score (nSPS) is 21.4. The van der Waals surface area contributed by atoms with Gasteiger partial charge < -0.3 is 5.32 Å². The largest absolute Gasteiger partial charge is 0.313 e. The molecule has 0 aromatic heterocycles. The van der Waals surface area contributed by atoms with E-state index in [1.165, 1.54) is 38.6 Å². The average molecular weight is 181 g/mol. The third-order valence-corrected chi connectivity index (χ3v) is 3.41. The van der Waals surface area contributed by atoms with Crippen LogP contribution in [0.2, 0.25) is 0 Å². The molecule has 0 heterocycles. The summed E-state index contributed by atoms with van der Waals surface area (Å²) in [6.45, 7) is 6.67. The summed E-state index contributed by atoms with van der Waals surface area (Å²) < 4.78 is 0. The van der Waals surface area contributed by atoms with Crippen LogP contribution < -0.4 is 5.32 Å². The van der Waals surface area contributed by atoms with Crippen molar-refractivity contribution < 1.29 is 0 Å². The van der Waals surface area contributed by atoms with Gasteiger partial charge in [0, 0.05) is 13.1 Å². The van der Waals surface area contributed by atoms with E-state index in [1.54, 1.807) is 0 Å². The molecule has 0 radical (unpaired) electrons. The fourth-order valence-corrected chi connectivity index (χ4v) is 2.32. The molecule has 0 bridgehead atoms. The Morgan fingerprint density at radius 1 is 1.31 bits per heavy atom. The van der Waals surface area contributed by atoms with Crippen LogP contribution >= 0.6 is 0 Å². The molecular weight excluding hydrogens is 158 g/mol. The Morgan fingerprint density at radius 3 is 2.54 bits per heavy atom. The lowest BCUT2D eigenvalue weighted by Gasteiger charge is -2.27. The summed E-state index contributed by atoms with van der Waals surface area (Å²) in [4.78, 5) is 0. The summed E-state index contributed by atoms with van der Waals surface area (Å²) in [7, 11) is 0. The molecule has 76 valence electrons. The van der Waals surface area contributed by atoms with Crippen molar-refractivity contribution in [1.29, 1.82) is 0 Å². The van der Waals surface area contributed by atoms with Crippen LogP contribution in [0.15, 0.2) is 12.2 Å². The molecule has 1 aliphatic rings. The molecule has 0 aromatic carbocycles. The third-order valence-electron chi connectivity index (χ3n) is 3.41. The summed E-state index contributed by atoms with van der Waals surface area (Å²) in [6, 6.07) is 0. The molecule has 0 atom stereocenters. The van der Waals surface area contributed by atoms with Gasteiger partial charge in [0.05, 0.1) is 0 Å². The molecule has 1 N–H and O–H groups in total. The molecule has 0 unspecified atom stereocenters. The van der Waals surface area contributed by atoms with Crippen molar-refractivity contribution in [3.05, 3.63) is 12.2 Å². The van der Waals surface area contributed by atoms with Gasteiger partial charge in [0.1, 0.15) is 0 Å². The van der Waals surface area contributed by atoms with Gasteiger partial charge in [0.2, 0.25) is 0 Å². The topological polar surface area (TPSA) is 12.0 Å². The molecule has 1 saturated carbocycles. The molecular formula is C12H23N. The highest BCUT2D eigenvalue weighted by Gasteiger charge is 2.30. The molecule has 0 aromatic rings. The van der Waals surface area contributed by atoms with Crippen molar-refractivity contribution in [3.63, 3.8) is 0 Å². The van der Waals surface area contributed by atoms with Crippen molar-refractivity contribution >= 4 is 0 Å². The minimum Gasteiger partial charge on any atom is -0.313 e. The molecule has 13 heavy (non-hydrogen) atoms. The van der Waals surface area contributed by atoms with Crippen molar-refractivity contribution in [1.82, 2.24) is 5.32 Å². The molecule has 0 spiro atoms. The quantitative estimate of drug-likeness (QED) is 0.507. The van der Waals surface area contributed by atoms with Crippen LogP contribution in [-0.4, -0.2) is 13.1 Å². The standard InChI is InChI=1S/C12H23N/c1-3-5-10-13-11-12(4-2)8-6-7-9-12/h3,5,13H,4,6-11H2,1-2H3/b5-3+. The first kappa shape index (κ1) is 10.8. The van der Waals surface area contributed by atoms with E-state index in [2.05, 4.69) is 31.3 Å². The van der Waals surface area contributed by atoms with E-state index in [1.807, 2.05) is 0 Å². The van der Waals surface area contributed by atoms with E-state index in [-0.39, 0.29) is 0 Å². The number of hydrogen-bond donors (Lipinski definition) is 1. The Bertz CT molecular complexity index is 155. The second-order valence-electron chi connectivity index (χ2n) is 4.26. The van der Waals surface area contributed by atoms with Crippen LogP contribution in [0.4, 0.5) is 0 Å². The van der Waals surface area contributed by atoms with Crippen LogP contribution in [0.25, 0.3) is 0 Å². The number of nitrogens with one attached hydrogen (secondary N) is 1. The van der Waals surface area contributed by atoms with Gasteiger partial charge in [-0.05, 0) is 31.6 Å². The predicted octanol–water partition coefficient (Wildman–Crippen LogP) is 3.12. The smallest absolute Gasteiger partial charge is 0.0135 e. The molecule has 1 aliphatic carbocycles. The SMILES string of the molecule is C/C=C/CNCC1(CC)CCCC1. The Labute approximate surface area is 82.6 Å². The monoisotopic (exact) mass is 181 g/mol. The van der Waals surface area contributed by atoms with E-state index in [4.69, 9.17) is 0 Å². The average Bonchev–Trinajstić information content (AvgIpc) is 2.62. The zero-order valence-corrected chi connectivity index (χ0v) is 9.10. The lowest BCUT2D eigenvalue weighted by Crippen LogP contribution is -2.31. The second-order valence-corrected chi connectivity index (χ2v) is 4.26. The summed E-state index contributed by atoms with van der Waals surface area (Å²) in [5.74, 6) is 0. The highest BCUT2D eigenvalue weighted by atomic mass is 14.9. The van der Waals surface area contributed by atoms with Crippen LogP contribution in [0.3, 0.4) is 0 Å². The van der Waals surface area contributed by atoms with Gasteiger partial charge in [0.15, 0.2) is 0 Å². The predicted molar refractivity (Wildman–Crippen MR) is 58.9 cm³/mol. The number of hydrogen-bond acceptors (Lipinski definition) is 1. The maximum absolute atomic E-state index is 3.53. The van der Waals surface area contributed by atoms with Gasteiger partial charge >= 0.3 is 0 Å². The van der Waals surface area contributed by atoms with Crippen molar-refractivity contribution in [2.75, 3.05) is 13.1 Å². The molecule has 0 saturated heterocycles. The summed E-state index contributed by atoms with van der Waals surface area (Å²) in [5.41, 5.74) is 0.640. The van der Waals surface area contributed by atoms with Crippen LogP contribution in [0.5, 0.6) is 0 Å². The Morgan fingerprint density at radius 2 is 2.00 bits per heavy atom. The number of allylic oxidation sites excluding steroid dienone is 1. The highest BCUT2D eigenvalue weighted by molar-refractivity contribution is 4.87. The lowest BCUT2D eigenvalue weighted by molar-refractivity contribution is 0.273. The zero-order chi connectivity index (χ0) is 9.57. The molecule has 0 aliphatic heterocycles. The second kappa shape index (κ2) is 5.43. The van der Waals surface area contributed by atoms with Crippen LogP contribution in [0, 0.1) is 5.41 Å². The van der Waals surface area contributed by atoms with Gasteiger partial charge in [-0.2, -0.15) is 0 Å². The first-order chi connectivity index (χ1) is 6.33. The lowest BCUT2D eigenvalue weighted by atomic mass is 9.83. The molecule has 0 amide bonds. The van der Waals surface area contributed by atoms with Crippen molar-refractivity contribution in [3.8, 4) is 0 Å². The maximum atomic E-state index is 3.53. The first-order valence-corrected chi connectivity index (χ1v) is 5.65. The van der Waals surface area contributed by atoms with Crippen molar-refractivity contribution in [2.45, 2.75) is 46.0 Å². The van der Waals surface area contributed by atoms with Crippen molar-refractivity contribution in [2.24, 2.45) is 5.41 Å². The fourth-order valence-electron chi connectivity index (χ4n) is 2.32. The molecule has 1 rings (SSSR count). The first-order valence-electron chi connectivity index (χ1n) is 5.65. The van der Waals surface area contributed by atoms with Gasteiger partial charge in [-0.15, -0.1) is 0 Å². The van der Waals surface area contributed by atoms with Gasteiger partial charge in [0.25, 0.3) is 0 Å². The van der Waals surface area contributed by atoms with E-state index < -0.39 is 0 Å². The highest BCUT2D eigenvalue weighted by Crippen LogP contribution is 2.40. The Balaban J connectivity index is 2.23. The molecule has 1 nitrogen and oxygen atoms in total.